The molecule has 0 aliphatic rings. The van der Waals surface area contributed by atoms with Crippen molar-refractivity contribution in [2.75, 3.05) is 11.5 Å². The van der Waals surface area contributed by atoms with E-state index in [1.54, 1.807) is 24.4 Å². The average molecular weight is 245 g/mol. The second-order valence-corrected chi connectivity index (χ2v) is 3.98. The minimum atomic E-state index is -0.240. The van der Waals surface area contributed by atoms with Gasteiger partial charge in [0, 0.05) is 30.8 Å². The highest BCUT2D eigenvalue weighted by Gasteiger charge is 2.10. The third-order valence-corrected chi connectivity index (χ3v) is 2.65. The average Bonchev–Trinajstić information content (AvgIpc) is 2.72. The molecule has 1 aromatic carbocycles. The van der Waals surface area contributed by atoms with E-state index in [-0.39, 0.29) is 5.91 Å². The number of benzene rings is 1. The van der Waals surface area contributed by atoms with E-state index in [1.807, 2.05) is 17.8 Å². The fourth-order valence-corrected chi connectivity index (χ4v) is 1.61. The Morgan fingerprint density at radius 2 is 2.22 bits per heavy atom. The Hall–Kier alpha value is -2.50. The van der Waals surface area contributed by atoms with Gasteiger partial charge in [0.2, 0.25) is 0 Å². The maximum absolute atomic E-state index is 11.9. The molecule has 2 rings (SSSR count). The number of carbonyl (C=O) groups excluding carboxylic acids is 1. The molecule has 0 bridgehead atoms. The monoisotopic (exact) mass is 245 g/mol. The number of anilines is 2. The Kier molecular flexibility index (Phi) is 3.18. The molecule has 0 atom stereocenters. The van der Waals surface area contributed by atoms with E-state index >= 15 is 0 Å². The molecular weight excluding hydrogens is 230 g/mol. The molecule has 1 heterocycles. The molecule has 1 amide bonds. The van der Waals surface area contributed by atoms with Gasteiger partial charge in [0.05, 0.1) is 12.1 Å². The van der Waals surface area contributed by atoms with Gasteiger partial charge >= 0.3 is 0 Å². The van der Waals surface area contributed by atoms with Crippen molar-refractivity contribution in [1.29, 1.82) is 0 Å². The van der Waals surface area contributed by atoms with Crippen molar-refractivity contribution in [2.45, 2.75) is 6.54 Å². The van der Waals surface area contributed by atoms with Crippen molar-refractivity contribution < 1.29 is 4.79 Å². The highest BCUT2D eigenvalue weighted by Crippen LogP contribution is 2.15. The molecule has 18 heavy (non-hydrogen) atoms. The molecule has 1 aromatic heterocycles. The topological polar surface area (TPSA) is 99.0 Å². The van der Waals surface area contributed by atoms with E-state index in [1.165, 1.54) is 0 Å². The van der Waals surface area contributed by atoms with Gasteiger partial charge in [-0.2, -0.15) is 0 Å². The molecule has 0 unspecified atom stereocenters. The minimum Gasteiger partial charge on any atom is -0.399 e. The summed E-state index contributed by atoms with van der Waals surface area (Å²) >= 11 is 0. The molecule has 94 valence electrons. The lowest BCUT2D eigenvalue weighted by atomic mass is 10.1. The summed E-state index contributed by atoms with van der Waals surface area (Å²) in [5.41, 5.74) is 12.6. The summed E-state index contributed by atoms with van der Waals surface area (Å²) in [6.07, 6.45) is 3.50. The Morgan fingerprint density at radius 1 is 1.44 bits per heavy atom. The van der Waals surface area contributed by atoms with Gasteiger partial charge in [-0.15, -0.1) is 0 Å². The van der Waals surface area contributed by atoms with Gasteiger partial charge in [-0.25, -0.2) is 4.98 Å². The van der Waals surface area contributed by atoms with Crippen molar-refractivity contribution in [1.82, 2.24) is 14.9 Å². The summed E-state index contributed by atoms with van der Waals surface area (Å²) < 4.78 is 1.84. The fraction of sp³-hybridized carbons (Fsp3) is 0.167. The number of amides is 1. The summed E-state index contributed by atoms with van der Waals surface area (Å²) in [6.45, 7) is 0.353. The molecule has 6 nitrogen and oxygen atoms in total. The van der Waals surface area contributed by atoms with Crippen molar-refractivity contribution >= 4 is 17.3 Å². The predicted octanol–water partition coefficient (Wildman–Crippen LogP) is 0.515. The normalized spacial score (nSPS) is 10.3. The first-order valence-corrected chi connectivity index (χ1v) is 5.47. The number of nitrogens with one attached hydrogen (secondary N) is 1. The molecular formula is C12H15N5O. The maximum atomic E-state index is 11.9. The van der Waals surface area contributed by atoms with Gasteiger partial charge < -0.3 is 21.4 Å². The molecule has 0 radical (unpaired) electrons. The molecule has 0 saturated heterocycles. The fourth-order valence-electron chi connectivity index (χ4n) is 1.61. The van der Waals surface area contributed by atoms with Crippen molar-refractivity contribution in [3.63, 3.8) is 0 Å². The van der Waals surface area contributed by atoms with Crippen LogP contribution in [0.1, 0.15) is 16.2 Å². The van der Waals surface area contributed by atoms with Gasteiger partial charge in [0.25, 0.3) is 5.91 Å². The van der Waals surface area contributed by atoms with E-state index < -0.39 is 0 Å². The lowest BCUT2D eigenvalue weighted by Crippen LogP contribution is -2.25. The van der Waals surface area contributed by atoms with Crippen LogP contribution in [-0.4, -0.2) is 15.5 Å². The Balaban J connectivity index is 2.06. The van der Waals surface area contributed by atoms with Crippen LogP contribution in [0.25, 0.3) is 0 Å². The largest absolute Gasteiger partial charge is 0.399 e. The molecule has 2 aromatic rings. The third kappa shape index (κ3) is 2.42. The van der Waals surface area contributed by atoms with Crippen LogP contribution in [0.4, 0.5) is 11.4 Å². The van der Waals surface area contributed by atoms with E-state index in [0.29, 0.717) is 23.5 Å². The number of carbonyl (C=O) groups is 1. The van der Waals surface area contributed by atoms with Gasteiger partial charge in [0.1, 0.15) is 5.82 Å². The second kappa shape index (κ2) is 4.79. The zero-order valence-corrected chi connectivity index (χ0v) is 10.1. The van der Waals surface area contributed by atoms with Crippen LogP contribution in [0.15, 0.2) is 30.6 Å². The van der Waals surface area contributed by atoms with Crippen LogP contribution in [0.3, 0.4) is 0 Å². The number of rotatable bonds is 3. The number of nitrogens with zero attached hydrogens (tertiary/aromatic N) is 2. The zero-order valence-electron chi connectivity index (χ0n) is 10.1. The summed E-state index contributed by atoms with van der Waals surface area (Å²) in [5.74, 6) is 0.535. The first-order valence-electron chi connectivity index (χ1n) is 5.47. The SMILES string of the molecule is Cn1ccnc1CNC(=O)c1ccc(N)cc1N. The molecule has 6 heteroatoms. The number of aromatic nitrogens is 2. The maximum Gasteiger partial charge on any atom is 0.253 e. The lowest BCUT2D eigenvalue weighted by Gasteiger charge is -2.08. The number of imidazole rings is 1. The Labute approximate surface area is 105 Å². The van der Waals surface area contributed by atoms with Crippen molar-refractivity contribution in [2.24, 2.45) is 7.05 Å². The van der Waals surface area contributed by atoms with Gasteiger partial charge in [-0.05, 0) is 18.2 Å². The van der Waals surface area contributed by atoms with Crippen LogP contribution in [0.5, 0.6) is 0 Å². The van der Waals surface area contributed by atoms with Crippen molar-refractivity contribution in [3.05, 3.63) is 42.0 Å². The van der Waals surface area contributed by atoms with Gasteiger partial charge in [0.15, 0.2) is 0 Å². The highest BCUT2D eigenvalue weighted by atomic mass is 16.1. The first kappa shape index (κ1) is 12.0. The van der Waals surface area contributed by atoms with E-state index in [0.717, 1.165) is 5.82 Å². The zero-order chi connectivity index (χ0) is 13.1. The molecule has 5 N–H and O–H groups in total. The van der Waals surface area contributed by atoms with E-state index in [9.17, 15) is 4.79 Å². The standard InChI is InChI=1S/C12H15N5O/c1-17-5-4-15-11(17)7-16-12(18)9-3-2-8(13)6-10(9)14/h2-6H,7,13-14H2,1H3,(H,16,18). The molecule has 0 aliphatic heterocycles. The van der Waals surface area contributed by atoms with Gasteiger partial charge in [-0.3, -0.25) is 4.79 Å². The molecule has 0 fully saturated rings. The third-order valence-electron chi connectivity index (χ3n) is 2.65. The Bertz CT molecular complexity index is 576. The highest BCUT2D eigenvalue weighted by molar-refractivity contribution is 5.99. The van der Waals surface area contributed by atoms with Crippen molar-refractivity contribution in [3.8, 4) is 0 Å². The van der Waals surface area contributed by atoms with Crippen LogP contribution in [-0.2, 0) is 13.6 Å². The van der Waals surface area contributed by atoms with E-state index in [4.69, 9.17) is 11.5 Å². The minimum absolute atomic E-state index is 0.240. The van der Waals surface area contributed by atoms with Crippen LogP contribution >= 0.6 is 0 Å². The summed E-state index contributed by atoms with van der Waals surface area (Å²) in [6, 6.07) is 4.82. The quantitative estimate of drug-likeness (QED) is 0.686. The lowest BCUT2D eigenvalue weighted by molar-refractivity contribution is 0.0950. The Morgan fingerprint density at radius 3 is 2.83 bits per heavy atom. The molecule has 0 spiro atoms. The number of nitrogen functional groups attached to an aromatic ring is 2. The summed E-state index contributed by atoms with van der Waals surface area (Å²) in [7, 11) is 1.87. The summed E-state index contributed by atoms with van der Waals surface area (Å²) in [5, 5.41) is 2.76. The molecule has 0 aliphatic carbocycles. The van der Waals surface area contributed by atoms with Gasteiger partial charge in [-0.1, -0.05) is 0 Å². The number of aryl methyl sites for hydroxylation is 1. The van der Waals surface area contributed by atoms with Crippen LogP contribution < -0.4 is 16.8 Å². The summed E-state index contributed by atoms with van der Waals surface area (Å²) in [4.78, 5) is 16.0. The van der Waals surface area contributed by atoms with Crippen LogP contribution in [0.2, 0.25) is 0 Å². The van der Waals surface area contributed by atoms with Crippen LogP contribution in [0, 0.1) is 0 Å². The number of hydrogen-bond donors (Lipinski definition) is 3. The number of nitrogens with two attached hydrogens (primary N) is 2. The number of hydrogen-bond acceptors (Lipinski definition) is 4. The first-order chi connectivity index (χ1) is 8.58. The molecule has 0 saturated carbocycles. The smallest absolute Gasteiger partial charge is 0.253 e. The second-order valence-electron chi connectivity index (χ2n) is 3.98. The van der Waals surface area contributed by atoms with E-state index in [2.05, 4.69) is 10.3 Å². The predicted molar refractivity (Wildman–Crippen MR) is 69.6 cm³/mol.